The molecular weight excluding hydrogens is 237 g/mol. The van der Waals surface area contributed by atoms with Crippen LogP contribution in [0.3, 0.4) is 0 Å². The van der Waals surface area contributed by atoms with Crippen molar-refractivity contribution >= 4 is 29.3 Å². The summed E-state index contributed by atoms with van der Waals surface area (Å²) in [4.78, 5) is 4.05. The van der Waals surface area contributed by atoms with Gasteiger partial charge in [0.25, 0.3) is 0 Å². The highest BCUT2D eigenvalue weighted by atomic mass is 127. The van der Waals surface area contributed by atoms with Crippen LogP contribution in [-0.4, -0.2) is 10.3 Å². The van der Waals surface area contributed by atoms with E-state index in [1.807, 2.05) is 13.0 Å². The van der Waals surface area contributed by atoms with Crippen molar-refractivity contribution in [2.75, 3.05) is 0 Å². The van der Waals surface area contributed by atoms with Crippen LogP contribution in [0, 0.1) is 0 Å². The molecule has 0 aliphatic carbocycles. The highest BCUT2D eigenvalue weighted by Crippen LogP contribution is 2.27. The van der Waals surface area contributed by atoms with Crippen molar-refractivity contribution in [3.63, 3.8) is 0 Å². The van der Waals surface area contributed by atoms with Crippen molar-refractivity contribution in [3.05, 3.63) is 12.2 Å². The lowest BCUT2D eigenvalue weighted by Gasteiger charge is -2.16. The van der Waals surface area contributed by atoms with Gasteiger partial charge in [0.15, 0.2) is 0 Å². The minimum absolute atomic E-state index is 0.0543. The molecule has 0 saturated heterocycles. The van der Waals surface area contributed by atoms with E-state index in [0.717, 1.165) is 12.8 Å². The molecule has 0 radical (unpaired) electrons. The normalized spacial score (nSPS) is 17.1. The molecule has 0 rings (SSSR count). The Kier molecular flexibility index (Phi) is 4.95. The van der Waals surface area contributed by atoms with Gasteiger partial charge < -0.3 is 0 Å². The highest BCUT2D eigenvalue weighted by Gasteiger charge is 2.17. The van der Waals surface area contributed by atoms with E-state index in [9.17, 15) is 0 Å². The van der Waals surface area contributed by atoms with Crippen LogP contribution in [-0.2, 0) is 0 Å². The van der Waals surface area contributed by atoms with Gasteiger partial charge in [-0.15, -0.1) is 0 Å². The molecule has 0 aromatic heterocycles. The first-order valence-electron chi connectivity index (χ1n) is 3.49. The average molecular weight is 251 g/mol. The van der Waals surface area contributed by atoms with Gasteiger partial charge in [0.2, 0.25) is 0 Å². The fraction of sp³-hybridized carbons (Fsp3) is 0.625. The molecule has 1 atom stereocenters. The number of hydrogen-bond acceptors (Lipinski definition) is 1. The smallest absolute Gasteiger partial charge is 0.129 e. The van der Waals surface area contributed by atoms with Crippen molar-refractivity contribution < 1.29 is 0 Å². The Morgan fingerprint density at radius 3 is 2.60 bits per heavy atom. The standard InChI is InChI=1S/C8H14IN/c1-4-6-8(9,10-3)7-5-2/h4,6H,3,5,7H2,1-2H3/b6-4-. The van der Waals surface area contributed by atoms with Gasteiger partial charge in [0.1, 0.15) is 3.55 Å². The third-order valence-corrected chi connectivity index (χ3v) is 2.53. The van der Waals surface area contributed by atoms with E-state index < -0.39 is 0 Å². The molecule has 0 saturated carbocycles. The molecular formula is C8H14IN. The number of allylic oxidation sites excluding steroid dienone is 1. The Bertz CT molecular complexity index is 131. The van der Waals surface area contributed by atoms with Crippen LogP contribution < -0.4 is 0 Å². The lowest BCUT2D eigenvalue weighted by atomic mass is 10.1. The largest absolute Gasteiger partial charge is 0.280 e. The van der Waals surface area contributed by atoms with E-state index in [0.29, 0.717) is 0 Å². The first-order chi connectivity index (χ1) is 4.68. The fourth-order valence-electron chi connectivity index (χ4n) is 0.821. The zero-order valence-corrected chi connectivity index (χ0v) is 8.76. The zero-order valence-electron chi connectivity index (χ0n) is 6.60. The first kappa shape index (κ1) is 10.1. The topological polar surface area (TPSA) is 12.4 Å². The highest BCUT2D eigenvalue weighted by molar-refractivity contribution is 14.1. The Morgan fingerprint density at radius 1 is 1.70 bits per heavy atom. The third-order valence-electron chi connectivity index (χ3n) is 1.29. The summed E-state index contributed by atoms with van der Waals surface area (Å²) in [6.45, 7) is 7.72. The van der Waals surface area contributed by atoms with E-state index in [1.165, 1.54) is 0 Å². The quantitative estimate of drug-likeness (QED) is 0.239. The molecule has 0 fully saturated rings. The number of rotatable bonds is 4. The summed E-state index contributed by atoms with van der Waals surface area (Å²) in [6, 6.07) is 0. The van der Waals surface area contributed by atoms with Crippen LogP contribution in [0.15, 0.2) is 17.1 Å². The molecule has 0 spiro atoms. The van der Waals surface area contributed by atoms with Crippen LogP contribution in [0.2, 0.25) is 0 Å². The molecule has 0 bridgehead atoms. The summed E-state index contributed by atoms with van der Waals surface area (Å²) in [5.41, 5.74) is 0. The number of alkyl halides is 1. The SMILES string of the molecule is C=NC(I)(/C=C\C)CCC. The van der Waals surface area contributed by atoms with Crippen LogP contribution >= 0.6 is 22.6 Å². The molecule has 0 aromatic rings. The maximum absolute atomic E-state index is 4.05. The second kappa shape index (κ2) is 4.88. The van der Waals surface area contributed by atoms with Crippen molar-refractivity contribution in [1.29, 1.82) is 0 Å². The van der Waals surface area contributed by atoms with Gasteiger partial charge in [-0.25, -0.2) is 0 Å². The van der Waals surface area contributed by atoms with E-state index in [2.05, 4.69) is 47.3 Å². The number of nitrogens with zero attached hydrogens (tertiary/aromatic N) is 1. The fourth-order valence-corrected chi connectivity index (χ4v) is 1.72. The summed E-state index contributed by atoms with van der Waals surface area (Å²) in [6.07, 6.45) is 6.33. The third kappa shape index (κ3) is 3.34. The second-order valence-electron chi connectivity index (χ2n) is 2.23. The Balaban J connectivity index is 4.07. The van der Waals surface area contributed by atoms with Gasteiger partial charge in [-0.3, -0.25) is 4.99 Å². The maximum Gasteiger partial charge on any atom is 0.129 e. The minimum Gasteiger partial charge on any atom is -0.280 e. The summed E-state index contributed by atoms with van der Waals surface area (Å²) in [5.74, 6) is 0. The molecule has 0 aromatic carbocycles. The van der Waals surface area contributed by atoms with Crippen molar-refractivity contribution in [3.8, 4) is 0 Å². The van der Waals surface area contributed by atoms with Gasteiger partial charge >= 0.3 is 0 Å². The summed E-state index contributed by atoms with van der Waals surface area (Å²) in [7, 11) is 0. The molecule has 0 amide bonds. The maximum atomic E-state index is 4.05. The van der Waals surface area contributed by atoms with Crippen molar-refractivity contribution in [1.82, 2.24) is 0 Å². The van der Waals surface area contributed by atoms with E-state index in [-0.39, 0.29) is 3.55 Å². The Morgan fingerprint density at radius 2 is 2.30 bits per heavy atom. The second-order valence-corrected chi connectivity index (χ2v) is 4.09. The summed E-state index contributed by atoms with van der Waals surface area (Å²) in [5, 5.41) is 0. The van der Waals surface area contributed by atoms with Gasteiger partial charge in [-0.1, -0.05) is 25.5 Å². The molecule has 10 heavy (non-hydrogen) atoms. The Hall–Kier alpha value is 0.140. The Labute approximate surface area is 76.8 Å². The number of hydrogen-bond donors (Lipinski definition) is 0. The van der Waals surface area contributed by atoms with Crippen LogP contribution in [0.4, 0.5) is 0 Å². The van der Waals surface area contributed by atoms with Crippen LogP contribution in [0.5, 0.6) is 0 Å². The lowest BCUT2D eigenvalue weighted by molar-refractivity contribution is 0.687. The monoisotopic (exact) mass is 251 g/mol. The minimum atomic E-state index is -0.0543. The lowest BCUT2D eigenvalue weighted by Crippen LogP contribution is -2.12. The van der Waals surface area contributed by atoms with E-state index in [4.69, 9.17) is 0 Å². The molecule has 1 nitrogen and oxygen atoms in total. The molecule has 0 aliphatic rings. The van der Waals surface area contributed by atoms with Crippen molar-refractivity contribution in [2.45, 2.75) is 30.2 Å². The van der Waals surface area contributed by atoms with Crippen molar-refractivity contribution in [2.24, 2.45) is 4.99 Å². The van der Waals surface area contributed by atoms with E-state index in [1.54, 1.807) is 0 Å². The van der Waals surface area contributed by atoms with Gasteiger partial charge in [0.05, 0.1) is 0 Å². The van der Waals surface area contributed by atoms with E-state index >= 15 is 0 Å². The number of halogens is 1. The molecule has 58 valence electrons. The van der Waals surface area contributed by atoms with Gasteiger partial charge in [-0.2, -0.15) is 0 Å². The van der Waals surface area contributed by atoms with Crippen LogP contribution in [0.25, 0.3) is 0 Å². The zero-order chi connectivity index (χ0) is 8.04. The number of aliphatic imine (C=N–C) groups is 1. The molecule has 0 N–H and O–H groups in total. The molecule has 1 unspecified atom stereocenters. The summed E-state index contributed by atoms with van der Waals surface area (Å²) >= 11 is 2.32. The first-order valence-corrected chi connectivity index (χ1v) is 4.57. The summed E-state index contributed by atoms with van der Waals surface area (Å²) < 4.78 is -0.0543. The molecule has 0 aliphatic heterocycles. The molecule has 0 heterocycles. The predicted molar refractivity (Wildman–Crippen MR) is 56.0 cm³/mol. The molecule has 2 heteroatoms. The van der Waals surface area contributed by atoms with Crippen LogP contribution in [0.1, 0.15) is 26.7 Å². The predicted octanol–water partition coefficient (Wildman–Crippen LogP) is 3.19. The average Bonchev–Trinajstić information content (AvgIpc) is 1.89. The van der Waals surface area contributed by atoms with Gasteiger partial charge in [0, 0.05) is 0 Å². The van der Waals surface area contributed by atoms with Gasteiger partial charge in [-0.05, 0) is 42.7 Å².